The van der Waals surface area contributed by atoms with Gasteiger partial charge in [-0.15, -0.1) is 0 Å². The van der Waals surface area contributed by atoms with Gasteiger partial charge in [-0.1, -0.05) is 22.0 Å². The van der Waals surface area contributed by atoms with Crippen molar-refractivity contribution in [1.29, 1.82) is 0 Å². The fourth-order valence-corrected chi connectivity index (χ4v) is 3.42. The third-order valence-corrected chi connectivity index (χ3v) is 4.59. The molecule has 1 amide bonds. The molecule has 0 saturated heterocycles. The predicted molar refractivity (Wildman–Crippen MR) is 72.7 cm³/mol. The first kappa shape index (κ1) is 15.1. The number of hydrogen-bond acceptors (Lipinski definition) is 3. The van der Waals surface area contributed by atoms with Crippen LogP contribution in [0.15, 0.2) is 27.6 Å². The minimum atomic E-state index is -3.71. The van der Waals surface area contributed by atoms with Gasteiger partial charge in [0.2, 0.25) is 15.9 Å². The molecule has 5 nitrogen and oxygen atoms in total. The van der Waals surface area contributed by atoms with Crippen LogP contribution in [0.1, 0.15) is 12.5 Å². The van der Waals surface area contributed by atoms with E-state index in [2.05, 4.69) is 26.0 Å². The third kappa shape index (κ3) is 3.54. The van der Waals surface area contributed by atoms with E-state index < -0.39 is 16.1 Å². The Morgan fingerprint density at radius 1 is 1.39 bits per heavy atom. The molecule has 0 saturated carbocycles. The highest BCUT2D eigenvalue weighted by molar-refractivity contribution is 9.10. The first-order valence-electron chi connectivity index (χ1n) is 5.28. The molecule has 0 radical (unpaired) electrons. The van der Waals surface area contributed by atoms with Gasteiger partial charge < -0.3 is 5.32 Å². The molecule has 0 aliphatic heterocycles. The lowest BCUT2D eigenvalue weighted by molar-refractivity contribution is -0.121. The van der Waals surface area contributed by atoms with Gasteiger partial charge in [-0.3, -0.25) is 4.79 Å². The average molecular weight is 335 g/mol. The van der Waals surface area contributed by atoms with Gasteiger partial charge in [-0.2, -0.15) is 4.72 Å². The van der Waals surface area contributed by atoms with Gasteiger partial charge in [0.15, 0.2) is 0 Å². The largest absolute Gasteiger partial charge is 0.358 e. The van der Waals surface area contributed by atoms with E-state index in [-0.39, 0.29) is 10.8 Å². The van der Waals surface area contributed by atoms with Gasteiger partial charge in [-0.25, -0.2) is 8.42 Å². The van der Waals surface area contributed by atoms with Crippen molar-refractivity contribution < 1.29 is 13.2 Å². The fraction of sp³-hybridized carbons (Fsp3) is 0.364. The molecule has 1 atom stereocenters. The third-order valence-electron chi connectivity index (χ3n) is 2.41. The number of aryl methyl sites for hydroxylation is 1. The lowest BCUT2D eigenvalue weighted by Gasteiger charge is -2.14. The number of amides is 1. The number of benzene rings is 1. The Labute approximate surface area is 115 Å². The zero-order valence-corrected chi connectivity index (χ0v) is 12.7. The van der Waals surface area contributed by atoms with E-state index >= 15 is 0 Å². The van der Waals surface area contributed by atoms with Gasteiger partial charge in [0.1, 0.15) is 0 Å². The maximum atomic E-state index is 12.1. The molecular formula is C11H15BrN2O3S. The first-order chi connectivity index (χ1) is 8.27. The maximum absolute atomic E-state index is 12.1. The summed E-state index contributed by atoms with van der Waals surface area (Å²) in [7, 11) is -2.25. The number of carbonyl (C=O) groups excluding carboxylic acids is 1. The molecule has 1 unspecified atom stereocenters. The molecular weight excluding hydrogens is 320 g/mol. The molecule has 1 aromatic rings. The smallest absolute Gasteiger partial charge is 0.241 e. The molecule has 0 bridgehead atoms. The molecule has 100 valence electrons. The summed E-state index contributed by atoms with van der Waals surface area (Å²) in [4.78, 5) is 11.5. The zero-order chi connectivity index (χ0) is 13.9. The molecule has 1 rings (SSSR count). The standard InChI is InChI=1S/C11H15BrN2O3S/c1-7-4-5-9(12)6-10(7)18(16,17)14-8(2)11(15)13-3/h4-6,8,14H,1-3H3,(H,13,15). The van der Waals surface area contributed by atoms with Crippen molar-refractivity contribution in [3.8, 4) is 0 Å². The van der Waals surface area contributed by atoms with E-state index in [1.165, 1.54) is 20.0 Å². The van der Waals surface area contributed by atoms with Crippen molar-refractivity contribution in [2.75, 3.05) is 7.05 Å². The van der Waals surface area contributed by atoms with Gasteiger partial charge >= 0.3 is 0 Å². The maximum Gasteiger partial charge on any atom is 0.241 e. The van der Waals surface area contributed by atoms with Crippen LogP contribution in [0.5, 0.6) is 0 Å². The summed E-state index contributed by atoms with van der Waals surface area (Å²) < 4.78 is 27.2. The molecule has 0 aliphatic rings. The number of likely N-dealkylation sites (N-methyl/N-ethyl adjacent to an activating group) is 1. The number of hydrogen-bond donors (Lipinski definition) is 2. The minimum absolute atomic E-state index is 0.160. The predicted octanol–water partition coefficient (Wildman–Crippen LogP) is 1.17. The second kappa shape index (κ2) is 5.81. The van der Waals surface area contributed by atoms with E-state index in [0.29, 0.717) is 10.0 Å². The van der Waals surface area contributed by atoms with E-state index in [0.717, 1.165) is 0 Å². The highest BCUT2D eigenvalue weighted by atomic mass is 79.9. The highest BCUT2D eigenvalue weighted by Crippen LogP contribution is 2.20. The number of nitrogens with one attached hydrogen (secondary N) is 2. The first-order valence-corrected chi connectivity index (χ1v) is 7.55. The number of sulfonamides is 1. The average Bonchev–Trinajstić information content (AvgIpc) is 2.30. The Kier molecular flexibility index (Phi) is 4.89. The zero-order valence-electron chi connectivity index (χ0n) is 10.3. The summed E-state index contributed by atoms with van der Waals surface area (Å²) in [6.07, 6.45) is 0. The van der Waals surface area contributed by atoms with Crippen LogP contribution in [0, 0.1) is 6.92 Å². The summed E-state index contributed by atoms with van der Waals surface area (Å²) in [5.41, 5.74) is 0.620. The quantitative estimate of drug-likeness (QED) is 0.867. The Bertz CT molecular complexity index is 557. The second-order valence-electron chi connectivity index (χ2n) is 3.87. The van der Waals surface area contributed by atoms with Crippen LogP contribution in [0.2, 0.25) is 0 Å². The Morgan fingerprint density at radius 2 is 2.00 bits per heavy atom. The van der Waals surface area contributed by atoms with Crippen molar-refractivity contribution >= 4 is 31.9 Å². The van der Waals surface area contributed by atoms with Crippen LogP contribution >= 0.6 is 15.9 Å². The van der Waals surface area contributed by atoms with Crippen molar-refractivity contribution in [2.24, 2.45) is 0 Å². The molecule has 1 aromatic carbocycles. The summed E-state index contributed by atoms with van der Waals surface area (Å²) in [5, 5.41) is 2.39. The molecule has 0 aliphatic carbocycles. The SMILES string of the molecule is CNC(=O)C(C)NS(=O)(=O)c1cc(Br)ccc1C. The molecule has 7 heteroatoms. The molecule has 2 N–H and O–H groups in total. The van der Waals surface area contributed by atoms with Crippen LogP contribution in [0.25, 0.3) is 0 Å². The van der Waals surface area contributed by atoms with E-state index in [9.17, 15) is 13.2 Å². The molecule has 0 heterocycles. The van der Waals surface area contributed by atoms with Crippen LogP contribution in [-0.2, 0) is 14.8 Å². The van der Waals surface area contributed by atoms with Gasteiger partial charge in [0.25, 0.3) is 0 Å². The number of halogens is 1. The molecule has 18 heavy (non-hydrogen) atoms. The highest BCUT2D eigenvalue weighted by Gasteiger charge is 2.22. The van der Waals surface area contributed by atoms with Crippen molar-refractivity contribution in [1.82, 2.24) is 10.0 Å². The lowest BCUT2D eigenvalue weighted by Crippen LogP contribution is -2.43. The van der Waals surface area contributed by atoms with E-state index in [4.69, 9.17) is 0 Å². The summed E-state index contributed by atoms with van der Waals surface area (Å²) >= 11 is 3.23. The lowest BCUT2D eigenvalue weighted by atomic mass is 10.2. The van der Waals surface area contributed by atoms with Crippen molar-refractivity contribution in [2.45, 2.75) is 24.8 Å². The molecule has 0 fully saturated rings. The fourth-order valence-electron chi connectivity index (χ4n) is 1.43. The summed E-state index contributed by atoms with van der Waals surface area (Å²) in [5.74, 6) is -0.383. The van der Waals surface area contributed by atoms with Crippen molar-refractivity contribution in [3.63, 3.8) is 0 Å². The monoisotopic (exact) mass is 334 g/mol. The second-order valence-corrected chi connectivity index (χ2v) is 6.47. The number of rotatable bonds is 4. The molecule has 0 spiro atoms. The Hall–Kier alpha value is -0.920. The van der Waals surface area contributed by atoms with E-state index in [1.54, 1.807) is 19.1 Å². The summed E-state index contributed by atoms with van der Waals surface area (Å²) in [6, 6.07) is 4.15. The van der Waals surface area contributed by atoms with Gasteiger partial charge in [0, 0.05) is 11.5 Å². The topological polar surface area (TPSA) is 75.3 Å². The minimum Gasteiger partial charge on any atom is -0.358 e. The van der Waals surface area contributed by atoms with Gasteiger partial charge in [-0.05, 0) is 31.5 Å². The van der Waals surface area contributed by atoms with Crippen LogP contribution < -0.4 is 10.0 Å². The van der Waals surface area contributed by atoms with Crippen LogP contribution in [-0.4, -0.2) is 27.4 Å². The van der Waals surface area contributed by atoms with E-state index in [1.807, 2.05) is 0 Å². The van der Waals surface area contributed by atoms with Crippen LogP contribution in [0.4, 0.5) is 0 Å². The van der Waals surface area contributed by atoms with Gasteiger partial charge in [0.05, 0.1) is 10.9 Å². The van der Waals surface area contributed by atoms with Crippen molar-refractivity contribution in [3.05, 3.63) is 28.2 Å². The number of carbonyl (C=O) groups is 1. The normalized spacial score (nSPS) is 13.1. The Balaban J connectivity index is 3.07. The summed E-state index contributed by atoms with van der Waals surface area (Å²) in [6.45, 7) is 3.19. The molecule has 0 aromatic heterocycles. The van der Waals surface area contributed by atoms with Crippen LogP contribution in [0.3, 0.4) is 0 Å². The Morgan fingerprint density at radius 3 is 2.56 bits per heavy atom.